The van der Waals surface area contributed by atoms with Gasteiger partial charge in [0.15, 0.2) is 5.78 Å². The normalized spacial score (nSPS) is 11.0. The molecule has 0 spiro atoms. The number of aromatic nitrogens is 1. The molecule has 0 aromatic carbocycles. The molecule has 0 fully saturated rings. The number of nitrogens with one attached hydrogen (secondary N) is 1. The lowest BCUT2D eigenvalue weighted by Crippen LogP contribution is -2.31. The Morgan fingerprint density at radius 2 is 2.06 bits per heavy atom. The third-order valence-electron chi connectivity index (χ3n) is 1.96. The molecule has 1 amide bonds. The number of rotatable bonds is 3. The van der Waals surface area contributed by atoms with Crippen LogP contribution >= 0.6 is 22.6 Å². The van der Waals surface area contributed by atoms with E-state index >= 15 is 0 Å². The maximum absolute atomic E-state index is 11.7. The van der Waals surface area contributed by atoms with Gasteiger partial charge in [-0.05, 0) is 32.9 Å². The third-order valence-corrected chi connectivity index (χ3v) is 2.45. The lowest BCUT2D eigenvalue weighted by molar-refractivity contribution is -0.117. The standard InChI is InChI=1S/C11H13IN2O2/c1-7(15)8-5-4-6-13-9(8)14-10(16)11(2,3)12/h4-6H,1-3H3,(H,13,14,16). The van der Waals surface area contributed by atoms with Crippen molar-refractivity contribution in [3.63, 3.8) is 0 Å². The van der Waals surface area contributed by atoms with Crippen molar-refractivity contribution in [1.82, 2.24) is 4.98 Å². The van der Waals surface area contributed by atoms with Crippen LogP contribution in [0.5, 0.6) is 0 Å². The molecule has 4 nitrogen and oxygen atoms in total. The average Bonchev–Trinajstić information content (AvgIpc) is 2.16. The quantitative estimate of drug-likeness (QED) is 0.525. The first-order valence-corrected chi connectivity index (χ1v) is 5.86. The molecule has 0 unspecified atom stereocenters. The summed E-state index contributed by atoms with van der Waals surface area (Å²) in [5, 5.41) is 2.65. The Morgan fingerprint density at radius 3 is 2.56 bits per heavy atom. The minimum absolute atomic E-state index is 0.116. The Labute approximate surface area is 108 Å². The van der Waals surface area contributed by atoms with Crippen LogP contribution in [0.25, 0.3) is 0 Å². The molecule has 5 heteroatoms. The number of nitrogens with zero attached hydrogens (tertiary/aromatic N) is 1. The second kappa shape index (κ2) is 4.90. The van der Waals surface area contributed by atoms with Crippen molar-refractivity contribution in [2.75, 3.05) is 5.32 Å². The van der Waals surface area contributed by atoms with E-state index in [4.69, 9.17) is 0 Å². The average molecular weight is 332 g/mol. The molecule has 1 N–H and O–H groups in total. The lowest BCUT2D eigenvalue weighted by atomic mass is 10.1. The van der Waals surface area contributed by atoms with Crippen LogP contribution in [-0.2, 0) is 4.79 Å². The van der Waals surface area contributed by atoms with Gasteiger partial charge in [-0.25, -0.2) is 4.98 Å². The van der Waals surface area contributed by atoms with Gasteiger partial charge in [-0.1, -0.05) is 22.6 Å². The van der Waals surface area contributed by atoms with Crippen LogP contribution in [0.4, 0.5) is 5.82 Å². The largest absolute Gasteiger partial charge is 0.309 e. The molecule has 0 radical (unpaired) electrons. The molecule has 0 saturated carbocycles. The van der Waals surface area contributed by atoms with Gasteiger partial charge in [0, 0.05) is 6.20 Å². The fraction of sp³-hybridized carbons (Fsp3) is 0.364. The highest BCUT2D eigenvalue weighted by molar-refractivity contribution is 14.1. The predicted octanol–water partition coefficient (Wildman–Crippen LogP) is 2.44. The van der Waals surface area contributed by atoms with Crippen LogP contribution in [-0.4, -0.2) is 20.1 Å². The van der Waals surface area contributed by atoms with E-state index in [1.807, 2.05) is 22.6 Å². The molecule has 1 aromatic heterocycles. The fourth-order valence-electron chi connectivity index (χ4n) is 1.05. The number of Topliss-reactive ketones (excluding diaryl/α,β-unsaturated/α-hetero) is 1. The van der Waals surface area contributed by atoms with Gasteiger partial charge in [0.1, 0.15) is 5.82 Å². The summed E-state index contributed by atoms with van der Waals surface area (Å²) in [6.07, 6.45) is 1.54. The van der Waals surface area contributed by atoms with E-state index in [-0.39, 0.29) is 11.7 Å². The van der Waals surface area contributed by atoms with E-state index in [9.17, 15) is 9.59 Å². The molecule has 1 heterocycles. The van der Waals surface area contributed by atoms with Gasteiger partial charge in [0.25, 0.3) is 0 Å². The van der Waals surface area contributed by atoms with Crippen molar-refractivity contribution in [2.45, 2.75) is 24.2 Å². The zero-order valence-corrected chi connectivity index (χ0v) is 11.5. The second-order valence-electron chi connectivity index (χ2n) is 3.88. The van der Waals surface area contributed by atoms with Gasteiger partial charge in [-0.3, -0.25) is 9.59 Å². The van der Waals surface area contributed by atoms with E-state index in [0.717, 1.165) is 0 Å². The summed E-state index contributed by atoms with van der Waals surface area (Å²) >= 11 is 2.03. The molecule has 16 heavy (non-hydrogen) atoms. The molecule has 1 aromatic rings. The van der Waals surface area contributed by atoms with Crippen molar-refractivity contribution in [1.29, 1.82) is 0 Å². The topological polar surface area (TPSA) is 59.1 Å². The second-order valence-corrected chi connectivity index (χ2v) is 6.58. The first-order valence-electron chi connectivity index (χ1n) is 4.78. The number of amides is 1. The molecule has 0 aliphatic rings. The van der Waals surface area contributed by atoms with Gasteiger partial charge >= 0.3 is 0 Å². The predicted molar refractivity (Wildman–Crippen MR) is 71.0 cm³/mol. The number of carbonyl (C=O) groups excluding carboxylic acids is 2. The molecule has 0 aliphatic heterocycles. The molecule has 0 bridgehead atoms. The first kappa shape index (κ1) is 13.1. The van der Waals surface area contributed by atoms with Crippen molar-refractivity contribution in [2.24, 2.45) is 0 Å². The Hall–Kier alpha value is -0.980. The van der Waals surface area contributed by atoms with Crippen LogP contribution in [0, 0.1) is 0 Å². The van der Waals surface area contributed by atoms with Gasteiger partial charge in [-0.2, -0.15) is 0 Å². The zero-order chi connectivity index (χ0) is 12.3. The highest BCUT2D eigenvalue weighted by atomic mass is 127. The first-order chi connectivity index (χ1) is 7.32. The van der Waals surface area contributed by atoms with Gasteiger partial charge < -0.3 is 5.32 Å². The van der Waals surface area contributed by atoms with Crippen LogP contribution in [0.3, 0.4) is 0 Å². The Balaban J connectivity index is 2.98. The number of halogens is 1. The summed E-state index contributed by atoms with van der Waals surface area (Å²) in [6, 6.07) is 3.31. The molecule has 0 saturated heterocycles. The summed E-state index contributed by atoms with van der Waals surface area (Å²) in [5.41, 5.74) is 0.427. The smallest absolute Gasteiger partial charge is 0.241 e. The highest BCUT2D eigenvalue weighted by Gasteiger charge is 2.24. The van der Waals surface area contributed by atoms with Crippen molar-refractivity contribution >= 4 is 40.1 Å². The van der Waals surface area contributed by atoms with E-state index < -0.39 is 3.42 Å². The maximum Gasteiger partial charge on any atom is 0.241 e. The monoisotopic (exact) mass is 332 g/mol. The number of carbonyl (C=O) groups is 2. The van der Waals surface area contributed by atoms with Crippen LogP contribution in [0.2, 0.25) is 0 Å². The number of anilines is 1. The van der Waals surface area contributed by atoms with E-state index in [1.54, 1.807) is 32.2 Å². The van der Waals surface area contributed by atoms with Crippen molar-refractivity contribution in [3.05, 3.63) is 23.9 Å². The SMILES string of the molecule is CC(=O)c1cccnc1NC(=O)C(C)(C)I. The number of alkyl halides is 1. The Morgan fingerprint density at radius 1 is 1.44 bits per heavy atom. The van der Waals surface area contributed by atoms with Crippen molar-refractivity contribution in [3.8, 4) is 0 Å². The Bertz CT molecular complexity index is 424. The van der Waals surface area contributed by atoms with Gasteiger partial charge in [0.2, 0.25) is 5.91 Å². The van der Waals surface area contributed by atoms with Crippen LogP contribution < -0.4 is 5.32 Å². The molecule has 0 atom stereocenters. The number of hydrogen-bond donors (Lipinski definition) is 1. The van der Waals surface area contributed by atoms with Gasteiger partial charge in [0.05, 0.1) is 8.99 Å². The lowest BCUT2D eigenvalue weighted by Gasteiger charge is -2.16. The summed E-state index contributed by atoms with van der Waals surface area (Å²) in [7, 11) is 0. The summed E-state index contributed by atoms with van der Waals surface area (Å²) < 4.78 is -0.538. The fourth-order valence-corrected chi connectivity index (χ4v) is 1.18. The molecular formula is C11H13IN2O2. The number of pyridine rings is 1. The van der Waals surface area contributed by atoms with Crippen LogP contribution in [0.15, 0.2) is 18.3 Å². The molecule has 0 aliphatic carbocycles. The number of hydrogen-bond acceptors (Lipinski definition) is 3. The van der Waals surface area contributed by atoms with Gasteiger partial charge in [-0.15, -0.1) is 0 Å². The molecule has 86 valence electrons. The maximum atomic E-state index is 11.7. The van der Waals surface area contributed by atoms with E-state index in [2.05, 4.69) is 10.3 Å². The summed E-state index contributed by atoms with van der Waals surface area (Å²) in [4.78, 5) is 27.0. The Kier molecular flexibility index (Phi) is 4.01. The van der Waals surface area contributed by atoms with Crippen molar-refractivity contribution < 1.29 is 9.59 Å². The summed E-state index contributed by atoms with van der Waals surface area (Å²) in [6.45, 7) is 5.03. The van der Waals surface area contributed by atoms with Crippen LogP contribution in [0.1, 0.15) is 31.1 Å². The molecular weight excluding hydrogens is 319 g/mol. The van der Waals surface area contributed by atoms with E-state index in [1.165, 1.54) is 6.92 Å². The minimum atomic E-state index is -0.538. The number of ketones is 1. The zero-order valence-electron chi connectivity index (χ0n) is 9.37. The third kappa shape index (κ3) is 3.26. The minimum Gasteiger partial charge on any atom is -0.309 e. The summed E-state index contributed by atoms with van der Waals surface area (Å²) in [5.74, 6) is 0.0358. The van der Waals surface area contributed by atoms with E-state index in [0.29, 0.717) is 11.4 Å². The highest BCUT2D eigenvalue weighted by Crippen LogP contribution is 2.20. The molecule has 1 rings (SSSR count).